The molecule has 7 heteroatoms. The van der Waals surface area contributed by atoms with E-state index < -0.39 is 5.97 Å². The molecule has 1 N–H and O–H groups in total. The topological polar surface area (TPSA) is 66.3 Å². The minimum Gasteiger partial charge on any atom is -0.480 e. The van der Waals surface area contributed by atoms with Crippen molar-refractivity contribution >= 4 is 44.9 Å². The molecule has 3 aromatic rings. The Morgan fingerprint density at radius 3 is 2.71 bits per heavy atom. The van der Waals surface area contributed by atoms with E-state index in [1.165, 1.54) is 16.9 Å². The summed E-state index contributed by atoms with van der Waals surface area (Å²) in [6.07, 6.45) is 0. The maximum absolute atomic E-state index is 11.1. The second kappa shape index (κ2) is 6.37. The fourth-order valence-corrected chi connectivity index (χ4v) is 3.91. The summed E-state index contributed by atoms with van der Waals surface area (Å²) in [5, 5.41) is 12.1. The third kappa shape index (κ3) is 3.07. The van der Waals surface area contributed by atoms with Crippen LogP contribution in [0, 0.1) is 13.8 Å². The van der Waals surface area contributed by atoms with Crippen LogP contribution in [0.2, 0.25) is 5.28 Å². The highest BCUT2D eigenvalue weighted by atomic mass is 35.5. The number of aliphatic carboxylic acids is 1. The molecule has 5 nitrogen and oxygen atoms in total. The van der Waals surface area contributed by atoms with Gasteiger partial charge in [0.1, 0.15) is 17.2 Å². The lowest BCUT2D eigenvalue weighted by atomic mass is 9.99. The number of carboxylic acids is 1. The Labute approximate surface area is 148 Å². The Morgan fingerprint density at radius 2 is 2.04 bits per heavy atom. The highest BCUT2D eigenvalue weighted by Crippen LogP contribution is 2.39. The summed E-state index contributed by atoms with van der Waals surface area (Å²) in [7, 11) is 1.69. The van der Waals surface area contributed by atoms with Crippen molar-refractivity contribution in [2.45, 2.75) is 13.8 Å². The Bertz CT molecular complexity index is 939. The number of nitrogens with zero attached hydrogens (tertiary/aromatic N) is 3. The first-order valence-electron chi connectivity index (χ1n) is 7.32. The molecule has 0 radical (unpaired) electrons. The SMILES string of the molecule is Cc1ccc(-c2csc3nc(Cl)nc(N(C)CC(=O)O)c23)c(C)c1. The van der Waals surface area contributed by atoms with E-state index >= 15 is 0 Å². The van der Waals surface area contributed by atoms with Crippen molar-refractivity contribution in [3.8, 4) is 11.1 Å². The standard InChI is InChI=1S/C17H16ClN3O2S/c1-9-4-5-11(10(2)6-9)12-8-24-16-14(12)15(19-17(18)20-16)21(3)7-13(22)23/h4-6,8H,7H2,1-3H3,(H,22,23). The van der Waals surface area contributed by atoms with Gasteiger partial charge in [0.2, 0.25) is 5.28 Å². The van der Waals surface area contributed by atoms with Gasteiger partial charge in [-0.3, -0.25) is 4.79 Å². The molecule has 0 saturated heterocycles. The molecule has 2 aromatic heterocycles. The Kier molecular flexibility index (Phi) is 4.43. The summed E-state index contributed by atoms with van der Waals surface area (Å²) in [5.41, 5.74) is 4.42. The number of likely N-dealkylation sites (N-methyl/N-ethyl adjacent to an activating group) is 1. The summed E-state index contributed by atoms with van der Waals surface area (Å²) < 4.78 is 0. The lowest BCUT2D eigenvalue weighted by Crippen LogP contribution is -2.26. The van der Waals surface area contributed by atoms with Gasteiger partial charge >= 0.3 is 5.97 Å². The monoisotopic (exact) mass is 361 g/mol. The van der Waals surface area contributed by atoms with Crippen molar-refractivity contribution in [1.29, 1.82) is 0 Å². The number of anilines is 1. The molecule has 2 heterocycles. The van der Waals surface area contributed by atoms with Crippen molar-refractivity contribution in [2.24, 2.45) is 0 Å². The molecule has 3 rings (SSSR count). The summed E-state index contributed by atoms with van der Waals surface area (Å²) in [6.45, 7) is 3.95. The number of rotatable bonds is 4. The number of aryl methyl sites for hydroxylation is 2. The normalized spacial score (nSPS) is 11.0. The first-order valence-corrected chi connectivity index (χ1v) is 8.58. The number of halogens is 1. The Morgan fingerprint density at radius 1 is 1.29 bits per heavy atom. The molecule has 24 heavy (non-hydrogen) atoms. The highest BCUT2D eigenvalue weighted by Gasteiger charge is 2.19. The Balaban J connectivity index is 2.25. The van der Waals surface area contributed by atoms with Crippen molar-refractivity contribution in [3.63, 3.8) is 0 Å². The van der Waals surface area contributed by atoms with Crippen molar-refractivity contribution < 1.29 is 9.90 Å². The number of thiophene rings is 1. The maximum Gasteiger partial charge on any atom is 0.323 e. The van der Waals surface area contributed by atoms with Gasteiger partial charge < -0.3 is 10.0 Å². The van der Waals surface area contributed by atoms with Crippen LogP contribution in [-0.4, -0.2) is 34.6 Å². The van der Waals surface area contributed by atoms with Crippen LogP contribution in [0.1, 0.15) is 11.1 Å². The second-order valence-corrected chi connectivity index (χ2v) is 6.91. The zero-order chi connectivity index (χ0) is 17.4. The number of hydrogen-bond donors (Lipinski definition) is 1. The van der Waals surface area contributed by atoms with Gasteiger partial charge in [-0.15, -0.1) is 11.3 Å². The molecule has 0 fully saturated rings. The number of carbonyl (C=O) groups is 1. The zero-order valence-corrected chi connectivity index (χ0v) is 15.1. The van der Waals surface area contributed by atoms with Crippen LogP contribution in [0.25, 0.3) is 21.3 Å². The van der Waals surface area contributed by atoms with E-state index in [4.69, 9.17) is 16.7 Å². The third-order valence-electron chi connectivity index (χ3n) is 3.79. The molecule has 0 atom stereocenters. The molecular weight excluding hydrogens is 346 g/mol. The Hall–Kier alpha value is -2.18. The maximum atomic E-state index is 11.1. The molecule has 0 spiro atoms. The lowest BCUT2D eigenvalue weighted by Gasteiger charge is -2.18. The first-order chi connectivity index (χ1) is 11.4. The van der Waals surface area contributed by atoms with E-state index in [-0.39, 0.29) is 11.8 Å². The minimum atomic E-state index is -0.927. The minimum absolute atomic E-state index is 0.115. The van der Waals surface area contributed by atoms with E-state index in [1.54, 1.807) is 11.9 Å². The second-order valence-electron chi connectivity index (χ2n) is 5.71. The molecule has 1 aromatic carbocycles. The van der Waals surface area contributed by atoms with Crippen LogP contribution >= 0.6 is 22.9 Å². The van der Waals surface area contributed by atoms with Gasteiger partial charge in [-0.25, -0.2) is 4.98 Å². The highest BCUT2D eigenvalue weighted by molar-refractivity contribution is 7.17. The van der Waals surface area contributed by atoms with Gasteiger partial charge in [-0.1, -0.05) is 23.8 Å². The van der Waals surface area contributed by atoms with Gasteiger partial charge in [0.05, 0.1) is 5.39 Å². The van der Waals surface area contributed by atoms with E-state index in [0.29, 0.717) is 5.82 Å². The number of hydrogen-bond acceptors (Lipinski definition) is 5. The average molecular weight is 362 g/mol. The number of carboxylic acid groups (broad SMARTS) is 1. The molecule has 0 amide bonds. The van der Waals surface area contributed by atoms with Crippen LogP contribution in [-0.2, 0) is 4.79 Å². The molecule has 0 aliphatic carbocycles. The number of fused-ring (bicyclic) bond motifs is 1. The van der Waals surface area contributed by atoms with Gasteiger partial charge in [0.15, 0.2) is 0 Å². The van der Waals surface area contributed by atoms with Crippen LogP contribution in [0.15, 0.2) is 23.6 Å². The number of aromatic nitrogens is 2. The summed E-state index contributed by atoms with van der Waals surface area (Å²) in [5.74, 6) is -0.396. The summed E-state index contributed by atoms with van der Waals surface area (Å²) in [4.78, 5) is 22.0. The molecular formula is C17H16ClN3O2S. The molecule has 0 unspecified atom stereocenters. The van der Waals surface area contributed by atoms with E-state index in [9.17, 15) is 4.79 Å². The smallest absolute Gasteiger partial charge is 0.323 e. The lowest BCUT2D eigenvalue weighted by molar-refractivity contribution is -0.135. The van der Waals surface area contributed by atoms with E-state index in [0.717, 1.165) is 26.9 Å². The van der Waals surface area contributed by atoms with Crippen LogP contribution in [0.5, 0.6) is 0 Å². The van der Waals surface area contributed by atoms with Crippen molar-refractivity contribution in [1.82, 2.24) is 9.97 Å². The van der Waals surface area contributed by atoms with Gasteiger partial charge in [-0.05, 0) is 36.6 Å². The van der Waals surface area contributed by atoms with Crippen LogP contribution in [0.4, 0.5) is 5.82 Å². The number of benzene rings is 1. The van der Waals surface area contributed by atoms with Gasteiger partial charge in [-0.2, -0.15) is 4.98 Å². The fourth-order valence-electron chi connectivity index (χ4n) is 2.77. The quantitative estimate of drug-likeness (QED) is 0.707. The first kappa shape index (κ1) is 16.7. The van der Waals surface area contributed by atoms with Gasteiger partial charge in [0, 0.05) is 18.0 Å². The van der Waals surface area contributed by atoms with Crippen LogP contribution < -0.4 is 4.90 Å². The summed E-state index contributed by atoms with van der Waals surface area (Å²) in [6, 6.07) is 6.25. The molecule has 0 aliphatic rings. The van der Waals surface area contributed by atoms with Crippen molar-refractivity contribution in [3.05, 3.63) is 40.0 Å². The predicted octanol–water partition coefficient (Wildman–Crippen LogP) is 4.15. The largest absolute Gasteiger partial charge is 0.480 e. The molecule has 124 valence electrons. The summed E-state index contributed by atoms with van der Waals surface area (Å²) >= 11 is 7.50. The average Bonchev–Trinajstić information content (AvgIpc) is 2.89. The van der Waals surface area contributed by atoms with E-state index in [1.807, 2.05) is 5.38 Å². The fraction of sp³-hybridized carbons (Fsp3) is 0.235. The predicted molar refractivity (Wildman–Crippen MR) is 98.2 cm³/mol. The van der Waals surface area contributed by atoms with Crippen LogP contribution in [0.3, 0.4) is 0 Å². The van der Waals surface area contributed by atoms with Gasteiger partial charge in [0.25, 0.3) is 0 Å². The molecule has 0 aliphatic heterocycles. The van der Waals surface area contributed by atoms with E-state index in [2.05, 4.69) is 42.0 Å². The zero-order valence-electron chi connectivity index (χ0n) is 13.5. The molecule has 0 bridgehead atoms. The molecule has 0 saturated carbocycles. The van der Waals surface area contributed by atoms with Crippen molar-refractivity contribution in [2.75, 3.05) is 18.5 Å². The third-order valence-corrected chi connectivity index (χ3v) is 4.83.